The lowest BCUT2D eigenvalue weighted by Crippen LogP contribution is -2.46. The monoisotopic (exact) mass is 476 g/mol. The molecule has 0 saturated heterocycles. The number of sulfonamides is 1. The van der Waals surface area contributed by atoms with Crippen molar-refractivity contribution in [3.63, 3.8) is 0 Å². The van der Waals surface area contributed by atoms with Gasteiger partial charge in [-0.25, -0.2) is 16.8 Å². The van der Waals surface area contributed by atoms with E-state index in [1.165, 1.54) is 38.1 Å². The quantitative estimate of drug-likeness (QED) is 0.590. The van der Waals surface area contributed by atoms with Crippen LogP contribution < -0.4 is 5.73 Å². The Hall–Kier alpha value is -1.13. The molecule has 29 heavy (non-hydrogen) atoms. The van der Waals surface area contributed by atoms with E-state index in [1.54, 1.807) is 38.1 Å². The van der Waals surface area contributed by atoms with E-state index in [1.807, 2.05) is 0 Å². The Bertz CT molecular complexity index is 1130. The van der Waals surface area contributed by atoms with Gasteiger partial charge >= 0.3 is 0 Å². The molecule has 0 bridgehead atoms. The highest BCUT2D eigenvalue weighted by atomic mass is 32.9. The van der Waals surface area contributed by atoms with Gasteiger partial charge < -0.3 is 10.6 Å². The molecule has 3 atom stereocenters. The van der Waals surface area contributed by atoms with Crippen LogP contribution in [0.5, 0.6) is 0 Å². The molecular formula is C18H25N2O5PS3. The molecule has 0 aromatic heterocycles. The Morgan fingerprint density at radius 2 is 1.28 bits per heavy atom. The van der Waals surface area contributed by atoms with Crippen molar-refractivity contribution in [3.8, 4) is 0 Å². The molecule has 0 saturated carbocycles. The molecule has 7 nitrogen and oxygen atoms in total. The van der Waals surface area contributed by atoms with Crippen molar-refractivity contribution >= 4 is 36.9 Å². The van der Waals surface area contributed by atoms with E-state index in [2.05, 4.69) is 0 Å². The minimum absolute atomic E-state index is 0.169. The molecule has 0 heterocycles. The molecule has 0 amide bonds. The van der Waals surface area contributed by atoms with E-state index in [0.29, 0.717) is 4.08 Å². The minimum Gasteiger partial charge on any atom is -0.342 e. The molecule has 0 spiro atoms. The number of rotatable bonds is 7. The Balaban J connectivity index is 2.73. The van der Waals surface area contributed by atoms with Gasteiger partial charge in [0.1, 0.15) is 0 Å². The molecule has 0 fully saturated rings. The number of aryl methyl sites for hydroxylation is 2. The SMILES string of the molecule is Cc1ccc(S(=O)(=O)N(C(C)C(C)N)P(O)(=S)S(=O)(=O)c2ccc(C)cc2)cc1. The lowest BCUT2D eigenvalue weighted by Gasteiger charge is -2.35. The summed E-state index contributed by atoms with van der Waals surface area (Å²) in [5.74, 6) is 0. The first kappa shape index (κ1) is 24.1. The van der Waals surface area contributed by atoms with Crippen LogP contribution in [-0.2, 0) is 31.3 Å². The number of benzene rings is 2. The molecule has 0 aliphatic heterocycles. The molecule has 0 radical (unpaired) electrons. The van der Waals surface area contributed by atoms with Crippen molar-refractivity contribution in [2.24, 2.45) is 5.73 Å². The zero-order chi connectivity index (χ0) is 22.2. The first-order valence-corrected chi connectivity index (χ1v) is 15.0. The fraction of sp³-hybridized carbons (Fsp3) is 0.333. The molecule has 2 rings (SSSR count). The van der Waals surface area contributed by atoms with Gasteiger partial charge in [0, 0.05) is 12.1 Å². The van der Waals surface area contributed by atoms with Gasteiger partial charge in [0.2, 0.25) is 19.5 Å². The number of hydrogen-bond donors (Lipinski definition) is 2. The van der Waals surface area contributed by atoms with E-state index >= 15 is 0 Å². The Morgan fingerprint density at radius 3 is 1.66 bits per heavy atom. The minimum atomic E-state index is -4.68. The molecular weight excluding hydrogens is 451 g/mol. The second-order valence-corrected chi connectivity index (χ2v) is 17.1. The summed E-state index contributed by atoms with van der Waals surface area (Å²) in [6.45, 7) is 6.52. The number of nitrogens with two attached hydrogens (primary N) is 1. The third-order valence-electron chi connectivity index (χ3n) is 4.56. The van der Waals surface area contributed by atoms with E-state index < -0.39 is 37.2 Å². The molecule has 2 aromatic carbocycles. The molecule has 0 aliphatic rings. The van der Waals surface area contributed by atoms with Crippen LogP contribution in [-0.4, -0.2) is 37.9 Å². The highest BCUT2D eigenvalue weighted by Gasteiger charge is 2.48. The van der Waals surface area contributed by atoms with E-state index in [-0.39, 0.29) is 9.79 Å². The second-order valence-electron chi connectivity index (χ2n) is 6.97. The third kappa shape index (κ3) is 4.64. The van der Waals surface area contributed by atoms with Gasteiger partial charge in [-0.3, -0.25) is 0 Å². The summed E-state index contributed by atoms with van der Waals surface area (Å²) in [6, 6.07) is 9.72. The van der Waals surface area contributed by atoms with Gasteiger partial charge in [-0.2, -0.15) is 0 Å². The topological polar surface area (TPSA) is 118 Å². The summed E-state index contributed by atoms with van der Waals surface area (Å²) >= 11 is 5.16. The normalized spacial score (nSPS) is 16.9. The van der Waals surface area contributed by atoms with Crippen LogP contribution in [0.1, 0.15) is 25.0 Å². The Kier molecular flexibility index (Phi) is 7.12. The van der Waals surface area contributed by atoms with Crippen LogP contribution >= 0.6 is 5.62 Å². The highest BCUT2D eigenvalue weighted by molar-refractivity contribution is 8.65. The van der Waals surface area contributed by atoms with Crippen molar-refractivity contribution < 1.29 is 21.7 Å². The smallest absolute Gasteiger partial charge is 0.264 e. The van der Waals surface area contributed by atoms with Crippen LogP contribution in [0.3, 0.4) is 0 Å². The lowest BCUT2D eigenvalue weighted by atomic mass is 10.2. The van der Waals surface area contributed by atoms with Crippen LogP contribution in [0.2, 0.25) is 0 Å². The molecule has 2 aromatic rings. The predicted octanol–water partition coefficient (Wildman–Crippen LogP) is 2.72. The summed E-state index contributed by atoms with van der Waals surface area (Å²) in [6.07, 6.45) is 0. The molecule has 11 heteroatoms. The standard InChI is InChI=1S/C18H25N2O5PS3/c1-13-5-9-17(10-6-13)28(22,23)20(16(4)15(3)19)26(21,27)29(24,25)18-11-7-14(2)8-12-18/h5-12,15-16H,19H2,1-4H3,(H,21,27). The fourth-order valence-corrected chi connectivity index (χ4v) is 12.8. The van der Waals surface area contributed by atoms with Crippen LogP contribution in [0.15, 0.2) is 58.3 Å². The van der Waals surface area contributed by atoms with Gasteiger partial charge in [-0.1, -0.05) is 35.4 Å². The number of hydrogen-bond acceptors (Lipinski definition) is 6. The molecule has 0 aliphatic carbocycles. The summed E-state index contributed by atoms with van der Waals surface area (Å²) < 4.78 is 53.7. The summed E-state index contributed by atoms with van der Waals surface area (Å²) in [7, 11) is -9.01. The second kappa shape index (κ2) is 8.55. The van der Waals surface area contributed by atoms with Gasteiger partial charge in [0.25, 0.3) is 5.62 Å². The predicted molar refractivity (Wildman–Crippen MR) is 118 cm³/mol. The highest BCUT2D eigenvalue weighted by Crippen LogP contribution is 2.59. The fourth-order valence-electron chi connectivity index (χ4n) is 2.56. The molecule has 3 unspecified atom stereocenters. The van der Waals surface area contributed by atoms with Crippen LogP contribution in [0.4, 0.5) is 0 Å². The van der Waals surface area contributed by atoms with Crippen molar-refractivity contribution in [3.05, 3.63) is 59.7 Å². The number of nitrogens with zero attached hydrogens (tertiary/aromatic N) is 1. The zero-order valence-electron chi connectivity index (χ0n) is 16.6. The summed E-state index contributed by atoms with van der Waals surface area (Å²) in [5.41, 5.74) is 2.85. The molecule has 3 N–H and O–H groups in total. The summed E-state index contributed by atoms with van der Waals surface area (Å²) in [4.78, 5) is 10.7. The first-order chi connectivity index (χ1) is 13.2. The van der Waals surface area contributed by atoms with Crippen LogP contribution in [0.25, 0.3) is 0 Å². The van der Waals surface area contributed by atoms with E-state index in [9.17, 15) is 21.7 Å². The zero-order valence-corrected chi connectivity index (χ0v) is 19.9. The average Bonchev–Trinajstić information content (AvgIpc) is 2.61. The van der Waals surface area contributed by atoms with Crippen molar-refractivity contribution in [1.82, 2.24) is 4.08 Å². The maximum atomic E-state index is 13.4. The maximum absolute atomic E-state index is 13.4. The van der Waals surface area contributed by atoms with Crippen molar-refractivity contribution in [2.45, 2.75) is 49.6 Å². The third-order valence-corrected chi connectivity index (χ3v) is 15.9. The lowest BCUT2D eigenvalue weighted by molar-refractivity contribution is 0.401. The van der Waals surface area contributed by atoms with Gasteiger partial charge in [0.15, 0.2) is 0 Å². The van der Waals surface area contributed by atoms with Crippen LogP contribution in [0, 0.1) is 13.8 Å². The maximum Gasteiger partial charge on any atom is 0.264 e. The Labute approximate surface area is 177 Å². The van der Waals surface area contributed by atoms with Gasteiger partial charge in [0.05, 0.1) is 9.79 Å². The first-order valence-electron chi connectivity index (χ1n) is 8.74. The van der Waals surface area contributed by atoms with E-state index in [0.717, 1.165) is 11.1 Å². The largest absolute Gasteiger partial charge is 0.342 e. The van der Waals surface area contributed by atoms with Gasteiger partial charge in [-0.05, 0) is 63.8 Å². The molecule has 160 valence electrons. The van der Waals surface area contributed by atoms with Gasteiger partial charge in [-0.15, -0.1) is 4.08 Å². The van der Waals surface area contributed by atoms with Crippen molar-refractivity contribution in [2.75, 3.05) is 0 Å². The summed E-state index contributed by atoms with van der Waals surface area (Å²) in [5, 5.41) is 0. The Morgan fingerprint density at radius 1 is 0.897 bits per heavy atom. The average molecular weight is 477 g/mol. The van der Waals surface area contributed by atoms with E-state index in [4.69, 9.17) is 17.5 Å². The van der Waals surface area contributed by atoms with Crippen molar-refractivity contribution in [1.29, 1.82) is 0 Å².